The van der Waals surface area contributed by atoms with E-state index in [0.717, 1.165) is 65.6 Å². The third-order valence-electron chi connectivity index (χ3n) is 10.1. The zero-order chi connectivity index (χ0) is 35.6. The van der Waals surface area contributed by atoms with E-state index in [0.29, 0.717) is 30.0 Å². The van der Waals surface area contributed by atoms with Crippen LogP contribution in [0.4, 0.5) is 8.78 Å². The van der Waals surface area contributed by atoms with Crippen LogP contribution in [0.15, 0.2) is 60.5 Å². The number of fused-ring (bicyclic) bond motifs is 3. The van der Waals surface area contributed by atoms with Crippen LogP contribution in [0.5, 0.6) is 5.75 Å². The lowest BCUT2D eigenvalue weighted by Crippen LogP contribution is -2.40. The van der Waals surface area contributed by atoms with Gasteiger partial charge in [0.25, 0.3) is 0 Å². The molecule has 3 aromatic heterocycles. The van der Waals surface area contributed by atoms with Crippen molar-refractivity contribution >= 4 is 27.3 Å². The molecular weight excluding hydrogens is 669 g/mol. The molecule has 51 heavy (non-hydrogen) atoms. The average Bonchev–Trinajstić information content (AvgIpc) is 3.75. The quantitative estimate of drug-likeness (QED) is 0.102. The molecule has 7 rings (SSSR count). The first kappa shape index (κ1) is 35.0. The van der Waals surface area contributed by atoms with Gasteiger partial charge < -0.3 is 19.3 Å². The Hall–Kier alpha value is -4.45. The van der Waals surface area contributed by atoms with Gasteiger partial charge in [-0.2, -0.15) is 5.10 Å². The van der Waals surface area contributed by atoms with E-state index in [1.54, 1.807) is 12.0 Å². The average molecular weight is 712 g/mol. The van der Waals surface area contributed by atoms with Gasteiger partial charge in [-0.25, -0.2) is 13.8 Å². The summed E-state index contributed by atoms with van der Waals surface area (Å²) in [6, 6.07) is 12.4. The van der Waals surface area contributed by atoms with Crippen molar-refractivity contribution in [1.29, 1.82) is 0 Å². The molecule has 0 fully saturated rings. The summed E-state index contributed by atoms with van der Waals surface area (Å²) in [7, 11) is 1.54. The number of carbonyl (C=O) groups excluding carboxylic acids is 1. The second kappa shape index (κ2) is 15.0. The van der Waals surface area contributed by atoms with Crippen molar-refractivity contribution in [3.63, 3.8) is 0 Å². The zero-order valence-corrected chi connectivity index (χ0v) is 30.2. The van der Waals surface area contributed by atoms with Gasteiger partial charge in [-0.05, 0) is 73.5 Å². The van der Waals surface area contributed by atoms with E-state index in [2.05, 4.69) is 36.6 Å². The molecule has 0 spiro atoms. The van der Waals surface area contributed by atoms with E-state index in [1.807, 2.05) is 29.1 Å². The number of pyridine rings is 1. The number of ether oxygens (including phenoxy) is 2. The second-order valence-corrected chi connectivity index (χ2v) is 14.1. The molecule has 0 N–H and O–H groups in total. The van der Waals surface area contributed by atoms with Crippen molar-refractivity contribution in [2.45, 2.75) is 52.1 Å². The molecule has 2 aliphatic rings. The smallest absolute Gasteiger partial charge is 0.246 e. The number of hydrogen-bond acceptors (Lipinski definition) is 7. The number of nitrogens with zero attached hydrogens (tertiary/aromatic N) is 5. The van der Waals surface area contributed by atoms with Crippen LogP contribution in [0.3, 0.4) is 0 Å². The van der Waals surface area contributed by atoms with Crippen molar-refractivity contribution in [2.24, 2.45) is 0 Å². The van der Waals surface area contributed by atoms with E-state index in [9.17, 15) is 9.18 Å². The van der Waals surface area contributed by atoms with Crippen molar-refractivity contribution in [1.82, 2.24) is 24.6 Å². The highest BCUT2D eigenvalue weighted by Crippen LogP contribution is 2.47. The Morgan fingerprint density at radius 2 is 1.84 bits per heavy atom. The summed E-state index contributed by atoms with van der Waals surface area (Å²) in [6.45, 7) is 12.4. The molecule has 0 saturated carbocycles. The fraction of sp³-hybridized carbons (Fsp3) is 0.375. The second-order valence-electron chi connectivity index (χ2n) is 13.2. The van der Waals surface area contributed by atoms with Crippen LogP contribution >= 0.6 is 11.3 Å². The Kier molecular flexibility index (Phi) is 10.3. The van der Waals surface area contributed by atoms with Crippen LogP contribution in [-0.4, -0.2) is 77.0 Å². The minimum absolute atomic E-state index is 0.0628. The number of unbranched alkanes of at least 4 members (excludes halogenated alkanes) is 1. The van der Waals surface area contributed by atoms with Gasteiger partial charge in [0.2, 0.25) is 5.91 Å². The number of halogens is 2. The molecule has 266 valence electrons. The SMILES string of the molecule is C=CC(=O)N1CCn2nc(-c3nc(-c4ccc5c(c4)CCN(CCCC)CC5)c4ccsc4c3-c3c(F)cc(F)cc3OCCOC)cc2[C@H]1C. The van der Waals surface area contributed by atoms with Crippen molar-refractivity contribution < 1.29 is 23.0 Å². The first-order chi connectivity index (χ1) is 24.8. The van der Waals surface area contributed by atoms with Gasteiger partial charge in [0, 0.05) is 60.1 Å². The molecule has 2 aromatic carbocycles. The largest absolute Gasteiger partial charge is 0.490 e. The molecule has 5 heterocycles. The highest BCUT2D eigenvalue weighted by Gasteiger charge is 2.31. The van der Waals surface area contributed by atoms with Crippen LogP contribution in [0, 0.1) is 11.6 Å². The Balaban J connectivity index is 1.42. The van der Waals surface area contributed by atoms with Gasteiger partial charge >= 0.3 is 0 Å². The monoisotopic (exact) mass is 711 g/mol. The van der Waals surface area contributed by atoms with Gasteiger partial charge in [0.15, 0.2) is 0 Å². The maximum atomic E-state index is 16.2. The van der Waals surface area contributed by atoms with Gasteiger partial charge in [0.05, 0.1) is 36.1 Å². The Morgan fingerprint density at radius 3 is 2.63 bits per heavy atom. The predicted octanol–water partition coefficient (Wildman–Crippen LogP) is 8.09. The molecule has 0 radical (unpaired) electrons. The molecule has 1 amide bonds. The Bertz CT molecular complexity index is 2090. The lowest BCUT2D eigenvalue weighted by atomic mass is 9.94. The molecular formula is C40H43F2N5O3S. The number of thiophene rings is 1. The zero-order valence-electron chi connectivity index (χ0n) is 29.4. The third-order valence-corrected chi connectivity index (χ3v) is 11.0. The summed E-state index contributed by atoms with van der Waals surface area (Å²) in [5.74, 6) is -1.59. The molecule has 0 unspecified atom stereocenters. The van der Waals surface area contributed by atoms with Gasteiger partial charge in [-0.1, -0.05) is 32.1 Å². The normalized spacial score (nSPS) is 16.2. The van der Waals surface area contributed by atoms with E-state index in [-0.39, 0.29) is 36.5 Å². The Labute approximate surface area is 301 Å². The molecule has 0 bridgehead atoms. The minimum Gasteiger partial charge on any atom is -0.490 e. The summed E-state index contributed by atoms with van der Waals surface area (Å²) >= 11 is 1.47. The standard InChI is InChI=1S/C40H43F2N5O3S/c1-5-7-13-45-14-10-26-8-9-28(21-27(26)11-15-45)38-30-12-20-51-40(30)37(36-31(42)22-29(41)23-34(36)50-19-18-49-4)39(43-38)32-24-33-25(3)46(35(48)6-2)16-17-47(33)44-32/h6,8-9,12,20-25H,2,5,7,10-11,13-19H2,1,3-4H3/t25-/m1/s1. The number of rotatable bonds is 11. The first-order valence-electron chi connectivity index (χ1n) is 17.7. The van der Waals surface area contributed by atoms with E-state index in [1.165, 1.54) is 47.4 Å². The molecule has 0 aliphatic carbocycles. The summed E-state index contributed by atoms with van der Waals surface area (Å²) in [5, 5.41) is 7.84. The van der Waals surface area contributed by atoms with Crippen molar-refractivity contribution in [3.05, 3.63) is 89.0 Å². The lowest BCUT2D eigenvalue weighted by Gasteiger charge is -2.33. The van der Waals surface area contributed by atoms with Crippen molar-refractivity contribution in [3.8, 4) is 39.5 Å². The van der Waals surface area contributed by atoms with Gasteiger partial charge in [-0.15, -0.1) is 11.3 Å². The summed E-state index contributed by atoms with van der Waals surface area (Å²) < 4.78 is 44.8. The molecule has 0 saturated heterocycles. The maximum Gasteiger partial charge on any atom is 0.246 e. The number of aromatic nitrogens is 3. The number of hydrogen-bond donors (Lipinski definition) is 0. The molecule has 8 nitrogen and oxygen atoms in total. The predicted molar refractivity (Wildman–Crippen MR) is 198 cm³/mol. The van der Waals surface area contributed by atoms with Crippen LogP contribution in [0.2, 0.25) is 0 Å². The van der Waals surface area contributed by atoms with E-state index >= 15 is 4.39 Å². The molecule has 5 aromatic rings. The molecule has 2 aliphatic heterocycles. The van der Waals surface area contributed by atoms with Gasteiger partial charge in [0.1, 0.15) is 35.4 Å². The highest BCUT2D eigenvalue weighted by molar-refractivity contribution is 7.18. The number of methoxy groups -OCH3 is 1. The summed E-state index contributed by atoms with van der Waals surface area (Å²) in [5.41, 5.74) is 6.84. The Morgan fingerprint density at radius 1 is 1.02 bits per heavy atom. The third kappa shape index (κ3) is 6.82. The summed E-state index contributed by atoms with van der Waals surface area (Å²) in [6.07, 6.45) is 5.67. The fourth-order valence-corrected chi connectivity index (χ4v) is 8.31. The van der Waals surface area contributed by atoms with Crippen molar-refractivity contribution in [2.75, 3.05) is 46.5 Å². The fourth-order valence-electron chi connectivity index (χ4n) is 7.36. The maximum absolute atomic E-state index is 16.2. The van der Waals surface area contributed by atoms with Crippen LogP contribution in [0.25, 0.3) is 43.9 Å². The first-order valence-corrected chi connectivity index (χ1v) is 18.6. The van der Waals surface area contributed by atoms with Crippen LogP contribution < -0.4 is 4.74 Å². The van der Waals surface area contributed by atoms with Gasteiger partial charge in [-0.3, -0.25) is 9.48 Å². The molecule has 1 atom stereocenters. The summed E-state index contributed by atoms with van der Waals surface area (Å²) in [4.78, 5) is 22.3. The van der Waals surface area contributed by atoms with E-state index < -0.39 is 11.6 Å². The van der Waals surface area contributed by atoms with Crippen LogP contribution in [-0.2, 0) is 28.9 Å². The lowest BCUT2D eigenvalue weighted by molar-refractivity contribution is -0.129. The topological polar surface area (TPSA) is 72.7 Å². The number of carbonyl (C=O) groups is 1. The highest BCUT2D eigenvalue weighted by atomic mass is 32.1. The molecule has 11 heteroatoms. The minimum atomic E-state index is -0.759. The number of amides is 1. The number of benzene rings is 2. The van der Waals surface area contributed by atoms with E-state index in [4.69, 9.17) is 19.6 Å². The van der Waals surface area contributed by atoms with Crippen LogP contribution in [0.1, 0.15) is 49.6 Å².